The van der Waals surface area contributed by atoms with Crippen LogP contribution in [0.4, 0.5) is 5.69 Å². The fourth-order valence-electron chi connectivity index (χ4n) is 7.58. The summed E-state index contributed by atoms with van der Waals surface area (Å²) in [5.74, 6) is 0.156. The lowest BCUT2D eigenvalue weighted by atomic mass is 9.62. The smallest absolute Gasteiger partial charge is 0.264 e. The number of nitrogens with one attached hydrogen (secondary N) is 1. The summed E-state index contributed by atoms with van der Waals surface area (Å²) in [5, 5.41) is 12.4. The molecule has 2 aromatic carbocycles. The predicted octanol–water partition coefficient (Wildman–Crippen LogP) is 5.67. The highest BCUT2D eigenvalue weighted by molar-refractivity contribution is 7.90. The molecule has 260 valence electrons. The summed E-state index contributed by atoms with van der Waals surface area (Å²) in [6.07, 6.45) is 6.60. The Kier molecular flexibility index (Phi) is 11.8. The number of rotatable bonds is 5. The first-order valence-electron chi connectivity index (χ1n) is 17.1. The number of carbonyl (C=O) groups is 1. The van der Waals surface area contributed by atoms with Crippen LogP contribution in [0.15, 0.2) is 36.4 Å². The first kappa shape index (κ1) is 35.9. The number of amides is 1. The number of aryl methyl sites for hydroxylation is 1. The van der Waals surface area contributed by atoms with Gasteiger partial charge in [0.25, 0.3) is 5.91 Å². The standard InChI is InChI=1S/C36H52ClN3O6S/c1-25-8-7-16-36(42,24-39(3)18-19-45-4)32-14-11-29(32)22-40-17-6-5-9-27-20-31(37)13-10-30(27)23-46-34-15-12-28(21-33(34)40)35(41)38-47(43,44)26(25)2/h10,12-13,15,20-21,25-26,29,32,42H,5-9,11,14,16-19,22-24H2,1-4H3,(H,38,41)/t25-,26+,29-,32+,36-/m0/s1. The first-order valence-corrected chi connectivity index (χ1v) is 19.1. The molecule has 0 unspecified atom stereocenters. The van der Waals surface area contributed by atoms with E-state index in [2.05, 4.69) is 14.5 Å². The van der Waals surface area contributed by atoms with Crippen LogP contribution in [0.3, 0.4) is 0 Å². The number of fused-ring (bicyclic) bond motifs is 3. The minimum Gasteiger partial charge on any atom is -0.487 e. The number of anilines is 1. The second-order valence-corrected chi connectivity index (χ2v) is 16.6. The molecule has 0 saturated heterocycles. The van der Waals surface area contributed by atoms with E-state index in [1.54, 1.807) is 32.2 Å². The van der Waals surface area contributed by atoms with E-state index in [1.165, 1.54) is 5.56 Å². The van der Waals surface area contributed by atoms with E-state index >= 15 is 0 Å². The molecule has 1 aliphatic carbocycles. The van der Waals surface area contributed by atoms with E-state index in [1.807, 2.05) is 32.2 Å². The minimum atomic E-state index is -3.94. The highest BCUT2D eigenvalue weighted by Crippen LogP contribution is 2.46. The van der Waals surface area contributed by atoms with E-state index in [0.29, 0.717) is 56.3 Å². The van der Waals surface area contributed by atoms with Crippen molar-refractivity contribution in [3.05, 3.63) is 58.1 Å². The van der Waals surface area contributed by atoms with Gasteiger partial charge < -0.3 is 24.4 Å². The van der Waals surface area contributed by atoms with Crippen LogP contribution in [0.2, 0.25) is 5.02 Å². The molecule has 2 heterocycles. The molecule has 2 bridgehead atoms. The molecule has 0 radical (unpaired) electrons. The average Bonchev–Trinajstić information content (AvgIpc) is 3.04. The Morgan fingerprint density at radius 2 is 1.91 bits per heavy atom. The van der Waals surface area contributed by atoms with Crippen molar-refractivity contribution in [2.75, 3.05) is 51.8 Å². The number of hydrogen-bond donors (Lipinski definition) is 2. The molecule has 5 rings (SSSR count). The van der Waals surface area contributed by atoms with Crippen molar-refractivity contribution in [3.8, 4) is 5.75 Å². The number of likely N-dealkylation sites (N-methyl/N-ethyl adjacent to an activating group) is 1. The molecule has 1 saturated carbocycles. The van der Waals surface area contributed by atoms with Crippen molar-refractivity contribution >= 4 is 33.2 Å². The molecular weight excluding hydrogens is 638 g/mol. The summed E-state index contributed by atoms with van der Waals surface area (Å²) < 4.78 is 41.0. The zero-order chi connectivity index (χ0) is 33.8. The quantitative estimate of drug-likeness (QED) is 0.414. The van der Waals surface area contributed by atoms with Gasteiger partial charge in [-0.2, -0.15) is 0 Å². The lowest BCUT2D eigenvalue weighted by Gasteiger charge is -2.50. The fraction of sp³-hybridized carbons (Fsp3) is 0.639. The molecule has 47 heavy (non-hydrogen) atoms. The molecule has 1 fully saturated rings. The number of benzene rings is 2. The van der Waals surface area contributed by atoms with Gasteiger partial charge in [-0.25, -0.2) is 13.1 Å². The Bertz CT molecular complexity index is 1510. The van der Waals surface area contributed by atoms with Crippen molar-refractivity contribution in [3.63, 3.8) is 0 Å². The Morgan fingerprint density at radius 3 is 2.66 bits per heavy atom. The maximum atomic E-state index is 13.5. The zero-order valence-electron chi connectivity index (χ0n) is 28.3. The number of aliphatic hydroxyl groups is 1. The van der Waals surface area contributed by atoms with Crippen LogP contribution in [0.1, 0.15) is 80.3 Å². The van der Waals surface area contributed by atoms with Crippen LogP contribution < -0.4 is 14.4 Å². The van der Waals surface area contributed by atoms with Crippen LogP contribution in [0, 0.1) is 17.8 Å². The maximum Gasteiger partial charge on any atom is 0.264 e. The van der Waals surface area contributed by atoms with Gasteiger partial charge in [-0.3, -0.25) is 4.79 Å². The van der Waals surface area contributed by atoms with Gasteiger partial charge in [0, 0.05) is 43.9 Å². The monoisotopic (exact) mass is 689 g/mol. The third-order valence-corrected chi connectivity index (χ3v) is 13.0. The maximum absolute atomic E-state index is 13.5. The molecule has 0 aromatic heterocycles. The second kappa shape index (κ2) is 15.5. The van der Waals surface area contributed by atoms with Crippen LogP contribution >= 0.6 is 11.6 Å². The summed E-state index contributed by atoms with van der Waals surface area (Å²) in [4.78, 5) is 17.9. The number of sulfonamides is 1. The van der Waals surface area contributed by atoms with Gasteiger partial charge in [0.05, 0.1) is 23.1 Å². The number of carbonyl (C=O) groups excluding carboxylic acids is 1. The molecule has 2 aromatic rings. The van der Waals surface area contributed by atoms with Gasteiger partial charge in [-0.1, -0.05) is 31.0 Å². The number of ether oxygens (including phenoxy) is 2. The number of halogens is 1. The number of methoxy groups -OCH3 is 1. The third-order valence-electron chi connectivity index (χ3n) is 10.8. The molecular formula is C36H52ClN3O6S. The Morgan fingerprint density at radius 1 is 1.11 bits per heavy atom. The SMILES string of the molecule is COCCN(C)C[C@@]1(O)CCC[C@H](C)[C@@H](C)S(=O)(=O)NC(=O)c2ccc3c(c2)N(CCCCc2cc(Cl)ccc2CO3)C[C@@H]2CC[C@H]21. The Hall–Kier alpha value is -2.37. The number of hydrogen-bond acceptors (Lipinski definition) is 8. The van der Waals surface area contributed by atoms with Crippen LogP contribution in [-0.4, -0.2) is 82.1 Å². The minimum absolute atomic E-state index is 0.0947. The summed E-state index contributed by atoms with van der Waals surface area (Å²) in [5.41, 5.74) is 2.36. The van der Waals surface area contributed by atoms with Gasteiger partial charge in [-0.15, -0.1) is 0 Å². The summed E-state index contributed by atoms with van der Waals surface area (Å²) >= 11 is 6.35. The summed E-state index contributed by atoms with van der Waals surface area (Å²) in [6, 6.07) is 11.1. The number of nitrogens with zero attached hydrogens (tertiary/aromatic N) is 2. The Labute approximate surface area is 286 Å². The molecule has 3 aliphatic rings. The van der Waals surface area contributed by atoms with Crippen molar-refractivity contribution in [2.45, 2.75) is 82.7 Å². The third kappa shape index (κ3) is 8.63. The largest absolute Gasteiger partial charge is 0.487 e. The van der Waals surface area contributed by atoms with Crippen LogP contribution in [0.5, 0.6) is 5.75 Å². The van der Waals surface area contributed by atoms with Gasteiger partial charge >= 0.3 is 0 Å². The predicted molar refractivity (Wildman–Crippen MR) is 187 cm³/mol. The van der Waals surface area contributed by atoms with Gasteiger partial charge in [0.1, 0.15) is 12.4 Å². The molecule has 2 aliphatic heterocycles. The molecule has 0 spiro atoms. The van der Waals surface area contributed by atoms with Gasteiger partial charge in [-0.05, 0) is 118 Å². The zero-order valence-corrected chi connectivity index (χ0v) is 29.9. The highest BCUT2D eigenvalue weighted by Gasteiger charge is 2.47. The highest BCUT2D eigenvalue weighted by atomic mass is 35.5. The topological polar surface area (TPSA) is 108 Å². The molecule has 1 amide bonds. The van der Waals surface area contributed by atoms with E-state index in [0.717, 1.165) is 56.4 Å². The van der Waals surface area contributed by atoms with Crippen molar-refractivity contribution < 1.29 is 27.8 Å². The van der Waals surface area contributed by atoms with Gasteiger partial charge in [0.15, 0.2) is 0 Å². The molecule has 2 N–H and O–H groups in total. The van der Waals surface area contributed by atoms with E-state index in [-0.39, 0.29) is 23.3 Å². The van der Waals surface area contributed by atoms with E-state index < -0.39 is 26.8 Å². The van der Waals surface area contributed by atoms with Crippen molar-refractivity contribution in [1.29, 1.82) is 0 Å². The van der Waals surface area contributed by atoms with Crippen molar-refractivity contribution in [1.82, 2.24) is 9.62 Å². The molecule has 9 nitrogen and oxygen atoms in total. The molecule has 5 atom stereocenters. The molecule has 11 heteroatoms. The lowest BCUT2D eigenvalue weighted by Crippen LogP contribution is -2.56. The first-order chi connectivity index (χ1) is 22.4. The lowest BCUT2D eigenvalue weighted by molar-refractivity contribution is -0.104. The van der Waals surface area contributed by atoms with Gasteiger partial charge in [0.2, 0.25) is 10.0 Å². The average molecular weight is 690 g/mol. The van der Waals surface area contributed by atoms with Crippen LogP contribution in [0.25, 0.3) is 0 Å². The normalized spacial score (nSPS) is 28.6. The van der Waals surface area contributed by atoms with Crippen LogP contribution in [-0.2, 0) is 27.8 Å². The second-order valence-electron chi connectivity index (χ2n) is 14.1. The fourth-order valence-corrected chi connectivity index (χ4v) is 9.09. The Balaban J connectivity index is 1.53. The van der Waals surface area contributed by atoms with E-state index in [4.69, 9.17) is 21.1 Å². The van der Waals surface area contributed by atoms with E-state index in [9.17, 15) is 18.3 Å². The van der Waals surface area contributed by atoms with Crippen molar-refractivity contribution in [2.24, 2.45) is 17.8 Å². The summed E-state index contributed by atoms with van der Waals surface area (Å²) in [6.45, 7) is 7.19. The summed E-state index contributed by atoms with van der Waals surface area (Å²) in [7, 11) is -0.230.